The number of aromatic nitrogens is 1. The summed E-state index contributed by atoms with van der Waals surface area (Å²) in [5, 5.41) is 0. The first-order chi connectivity index (χ1) is 5.90. The average molecular weight is 168 g/mol. The molecule has 0 saturated carbocycles. The fourth-order valence-corrected chi connectivity index (χ4v) is 1.34. The quantitative estimate of drug-likeness (QED) is 0.715. The number of nitrogens with zero attached hydrogens (tertiary/aromatic N) is 1. The van der Waals surface area contributed by atoms with Crippen LogP contribution >= 0.6 is 0 Å². The Labute approximate surface area is 70.7 Å². The van der Waals surface area contributed by atoms with Gasteiger partial charge in [0, 0.05) is 6.61 Å². The second-order valence-corrected chi connectivity index (χ2v) is 2.87. The number of hydrogen-bond acceptors (Lipinski definition) is 4. The molecule has 2 N–H and O–H groups in total. The van der Waals surface area contributed by atoms with Crippen molar-refractivity contribution in [2.75, 3.05) is 6.61 Å². The highest BCUT2D eigenvalue weighted by Gasteiger charge is 2.22. The summed E-state index contributed by atoms with van der Waals surface area (Å²) in [7, 11) is 0. The summed E-state index contributed by atoms with van der Waals surface area (Å²) in [5.74, 6) is 1.40. The molecule has 66 valence electrons. The van der Waals surface area contributed by atoms with Gasteiger partial charge in [-0.05, 0) is 12.8 Å². The van der Waals surface area contributed by atoms with Crippen molar-refractivity contribution in [1.82, 2.24) is 4.98 Å². The van der Waals surface area contributed by atoms with Crippen LogP contribution in [-0.2, 0) is 11.3 Å². The molecule has 0 amide bonds. The van der Waals surface area contributed by atoms with Gasteiger partial charge in [0.1, 0.15) is 11.9 Å². The molecule has 12 heavy (non-hydrogen) atoms. The van der Waals surface area contributed by atoms with Crippen LogP contribution in [0, 0.1) is 0 Å². The molecule has 0 aliphatic carbocycles. The highest BCUT2D eigenvalue weighted by atomic mass is 16.5. The standard InChI is InChI=1S/C8H12N2O2/c9-4-6-5-10-8(12-6)7-2-1-3-11-7/h5,7H,1-4,9H2. The van der Waals surface area contributed by atoms with E-state index in [1.54, 1.807) is 6.20 Å². The Balaban J connectivity index is 2.11. The van der Waals surface area contributed by atoms with Crippen LogP contribution in [0.5, 0.6) is 0 Å². The maximum atomic E-state index is 5.40. The van der Waals surface area contributed by atoms with Gasteiger partial charge in [-0.2, -0.15) is 0 Å². The first-order valence-corrected chi connectivity index (χ1v) is 4.16. The maximum Gasteiger partial charge on any atom is 0.223 e. The van der Waals surface area contributed by atoms with Crippen LogP contribution < -0.4 is 5.73 Å². The van der Waals surface area contributed by atoms with Crippen molar-refractivity contribution in [1.29, 1.82) is 0 Å². The van der Waals surface area contributed by atoms with Crippen molar-refractivity contribution in [2.45, 2.75) is 25.5 Å². The Bertz CT molecular complexity index is 253. The van der Waals surface area contributed by atoms with Gasteiger partial charge < -0.3 is 14.9 Å². The second-order valence-electron chi connectivity index (χ2n) is 2.87. The molecule has 1 saturated heterocycles. The zero-order chi connectivity index (χ0) is 8.39. The lowest BCUT2D eigenvalue weighted by Gasteiger charge is -2.02. The van der Waals surface area contributed by atoms with E-state index in [1.807, 2.05) is 0 Å². The van der Waals surface area contributed by atoms with Crippen molar-refractivity contribution in [3.63, 3.8) is 0 Å². The SMILES string of the molecule is NCc1cnc(C2CCCO2)o1. The van der Waals surface area contributed by atoms with E-state index in [2.05, 4.69) is 4.98 Å². The molecule has 0 aromatic carbocycles. The molecule has 1 aliphatic rings. The fourth-order valence-electron chi connectivity index (χ4n) is 1.34. The van der Waals surface area contributed by atoms with E-state index in [0.717, 1.165) is 25.2 Å². The molecule has 1 fully saturated rings. The normalized spacial score (nSPS) is 23.2. The minimum Gasteiger partial charge on any atom is -0.442 e. The van der Waals surface area contributed by atoms with Gasteiger partial charge in [-0.25, -0.2) is 4.98 Å². The first kappa shape index (κ1) is 7.76. The van der Waals surface area contributed by atoms with E-state index in [-0.39, 0.29) is 6.10 Å². The monoisotopic (exact) mass is 168 g/mol. The third-order valence-corrected chi connectivity index (χ3v) is 1.98. The van der Waals surface area contributed by atoms with Gasteiger partial charge in [-0.1, -0.05) is 0 Å². The lowest BCUT2D eigenvalue weighted by atomic mass is 10.2. The van der Waals surface area contributed by atoms with Gasteiger partial charge >= 0.3 is 0 Å². The van der Waals surface area contributed by atoms with Crippen molar-refractivity contribution in [3.05, 3.63) is 17.8 Å². The summed E-state index contributed by atoms with van der Waals surface area (Å²) in [6.07, 6.45) is 3.82. The van der Waals surface area contributed by atoms with Crippen molar-refractivity contribution < 1.29 is 9.15 Å². The van der Waals surface area contributed by atoms with Crippen LogP contribution in [0.4, 0.5) is 0 Å². The summed E-state index contributed by atoms with van der Waals surface area (Å²) in [6.45, 7) is 1.21. The van der Waals surface area contributed by atoms with E-state index in [1.165, 1.54) is 0 Å². The van der Waals surface area contributed by atoms with Crippen molar-refractivity contribution >= 4 is 0 Å². The summed E-state index contributed by atoms with van der Waals surface area (Å²) < 4.78 is 10.8. The van der Waals surface area contributed by atoms with Crippen LogP contribution in [0.3, 0.4) is 0 Å². The minimum atomic E-state index is 0.0605. The molecular formula is C8H12N2O2. The Kier molecular flexibility index (Phi) is 2.10. The molecule has 4 heteroatoms. The molecule has 4 nitrogen and oxygen atoms in total. The van der Waals surface area contributed by atoms with E-state index in [9.17, 15) is 0 Å². The third-order valence-electron chi connectivity index (χ3n) is 1.98. The molecule has 1 aromatic heterocycles. The predicted molar refractivity (Wildman–Crippen MR) is 42.3 cm³/mol. The Morgan fingerprint density at radius 3 is 3.17 bits per heavy atom. The first-order valence-electron chi connectivity index (χ1n) is 4.16. The van der Waals surface area contributed by atoms with Crippen molar-refractivity contribution in [2.24, 2.45) is 5.73 Å². The van der Waals surface area contributed by atoms with Crippen LogP contribution in [0.1, 0.15) is 30.6 Å². The lowest BCUT2D eigenvalue weighted by molar-refractivity contribution is 0.0882. The van der Waals surface area contributed by atoms with Gasteiger partial charge in [-0.3, -0.25) is 0 Å². The third kappa shape index (κ3) is 1.35. The average Bonchev–Trinajstić information content (AvgIpc) is 2.75. The summed E-state index contributed by atoms with van der Waals surface area (Å²) in [6, 6.07) is 0. The van der Waals surface area contributed by atoms with Gasteiger partial charge in [0.15, 0.2) is 0 Å². The molecule has 2 rings (SSSR count). The number of nitrogens with two attached hydrogens (primary N) is 1. The van der Waals surface area contributed by atoms with Gasteiger partial charge in [0.2, 0.25) is 5.89 Å². The molecule has 0 bridgehead atoms. The van der Waals surface area contributed by atoms with Crippen LogP contribution in [0.15, 0.2) is 10.6 Å². The molecule has 0 spiro atoms. The molecule has 0 radical (unpaired) electrons. The van der Waals surface area contributed by atoms with E-state index in [0.29, 0.717) is 12.4 Å². The topological polar surface area (TPSA) is 61.3 Å². The fraction of sp³-hybridized carbons (Fsp3) is 0.625. The predicted octanol–water partition coefficient (Wildman–Crippen LogP) is 0.985. The zero-order valence-corrected chi connectivity index (χ0v) is 6.82. The Morgan fingerprint density at radius 2 is 2.58 bits per heavy atom. The van der Waals surface area contributed by atoms with Crippen molar-refractivity contribution in [3.8, 4) is 0 Å². The summed E-state index contributed by atoms with van der Waals surface area (Å²) >= 11 is 0. The van der Waals surface area contributed by atoms with E-state index >= 15 is 0 Å². The largest absolute Gasteiger partial charge is 0.442 e. The molecular weight excluding hydrogens is 156 g/mol. The zero-order valence-electron chi connectivity index (χ0n) is 6.82. The molecule has 1 aromatic rings. The number of ether oxygens (including phenoxy) is 1. The van der Waals surface area contributed by atoms with Crippen LogP contribution in [0.2, 0.25) is 0 Å². The Hall–Kier alpha value is -0.870. The number of hydrogen-bond donors (Lipinski definition) is 1. The van der Waals surface area contributed by atoms with E-state index < -0.39 is 0 Å². The van der Waals surface area contributed by atoms with Crippen LogP contribution in [0.25, 0.3) is 0 Å². The lowest BCUT2D eigenvalue weighted by Crippen LogP contribution is -1.95. The highest BCUT2D eigenvalue weighted by molar-refractivity contribution is 4.96. The van der Waals surface area contributed by atoms with Crippen LogP contribution in [-0.4, -0.2) is 11.6 Å². The number of rotatable bonds is 2. The molecule has 2 heterocycles. The second kappa shape index (κ2) is 3.25. The Morgan fingerprint density at radius 1 is 1.67 bits per heavy atom. The minimum absolute atomic E-state index is 0.0605. The van der Waals surface area contributed by atoms with E-state index in [4.69, 9.17) is 14.9 Å². The smallest absolute Gasteiger partial charge is 0.223 e. The number of oxazole rings is 1. The molecule has 1 unspecified atom stereocenters. The molecule has 1 atom stereocenters. The maximum absolute atomic E-state index is 5.40. The van der Waals surface area contributed by atoms with Gasteiger partial charge in [0.05, 0.1) is 12.7 Å². The summed E-state index contributed by atoms with van der Waals surface area (Å²) in [4.78, 5) is 4.10. The summed E-state index contributed by atoms with van der Waals surface area (Å²) in [5.41, 5.74) is 5.39. The van der Waals surface area contributed by atoms with Gasteiger partial charge in [0.25, 0.3) is 0 Å². The molecule has 1 aliphatic heterocycles. The van der Waals surface area contributed by atoms with Gasteiger partial charge in [-0.15, -0.1) is 0 Å². The highest BCUT2D eigenvalue weighted by Crippen LogP contribution is 2.27.